The Morgan fingerprint density at radius 3 is 2.46 bits per heavy atom. The zero-order chi connectivity index (χ0) is 17.4. The number of nitrogens with one attached hydrogen (secondary N) is 2. The number of carbonyl (C=O) groups is 1. The van der Waals surface area contributed by atoms with Crippen molar-refractivity contribution in [2.24, 2.45) is 0 Å². The zero-order valence-corrected chi connectivity index (χ0v) is 14.8. The predicted octanol–water partition coefficient (Wildman–Crippen LogP) is 4.62. The van der Waals surface area contributed by atoms with Crippen LogP contribution in [-0.4, -0.2) is 18.2 Å². The van der Waals surface area contributed by atoms with Crippen LogP contribution in [-0.2, 0) is 11.2 Å². The van der Waals surface area contributed by atoms with Crippen LogP contribution in [0, 0.1) is 0 Å². The molecule has 24 heavy (non-hydrogen) atoms. The highest BCUT2D eigenvalue weighted by Gasteiger charge is 2.11. The molecule has 0 aliphatic heterocycles. The molecule has 2 rings (SSSR count). The van der Waals surface area contributed by atoms with Crippen LogP contribution in [0.5, 0.6) is 0 Å². The standard InChI is InChI=1S/C19H22N2O2S/c1-3-4-7-14-10-12-15(13-11-14)20-19(24)21-17-9-6-5-8-16(17)18(22)23-2/h5-6,8-13H,3-4,7H2,1-2H3,(H2,20,21,24). The van der Waals surface area contributed by atoms with E-state index in [1.807, 2.05) is 18.2 Å². The van der Waals surface area contributed by atoms with Crippen LogP contribution >= 0.6 is 12.2 Å². The molecule has 5 heteroatoms. The lowest BCUT2D eigenvalue weighted by Gasteiger charge is -2.13. The third-order valence-corrected chi connectivity index (χ3v) is 3.82. The Morgan fingerprint density at radius 2 is 1.79 bits per heavy atom. The van der Waals surface area contributed by atoms with Gasteiger partial charge in [0.15, 0.2) is 5.11 Å². The molecule has 0 bridgehead atoms. The SMILES string of the molecule is CCCCc1ccc(NC(=S)Nc2ccccc2C(=O)OC)cc1. The smallest absolute Gasteiger partial charge is 0.339 e. The summed E-state index contributed by atoms with van der Waals surface area (Å²) in [5.74, 6) is -0.402. The number of methoxy groups -OCH3 is 1. The van der Waals surface area contributed by atoms with Crippen LogP contribution in [0.4, 0.5) is 11.4 Å². The van der Waals surface area contributed by atoms with Crippen LogP contribution in [0.1, 0.15) is 35.7 Å². The van der Waals surface area contributed by atoms with Crippen molar-refractivity contribution in [2.45, 2.75) is 26.2 Å². The average molecular weight is 342 g/mol. The number of esters is 1. The first-order chi connectivity index (χ1) is 11.6. The molecule has 4 nitrogen and oxygen atoms in total. The lowest BCUT2D eigenvalue weighted by Crippen LogP contribution is -2.20. The predicted molar refractivity (Wildman–Crippen MR) is 103 cm³/mol. The van der Waals surface area contributed by atoms with E-state index >= 15 is 0 Å². The number of hydrogen-bond acceptors (Lipinski definition) is 3. The van der Waals surface area contributed by atoms with Gasteiger partial charge in [-0.3, -0.25) is 0 Å². The minimum Gasteiger partial charge on any atom is -0.465 e. The van der Waals surface area contributed by atoms with Gasteiger partial charge < -0.3 is 15.4 Å². The van der Waals surface area contributed by atoms with Crippen LogP contribution in [0.3, 0.4) is 0 Å². The normalized spacial score (nSPS) is 10.1. The van der Waals surface area contributed by atoms with Gasteiger partial charge in [0, 0.05) is 5.69 Å². The van der Waals surface area contributed by atoms with E-state index < -0.39 is 5.97 Å². The quantitative estimate of drug-likeness (QED) is 0.592. The molecule has 0 unspecified atom stereocenters. The Kier molecular flexibility index (Phi) is 6.75. The molecule has 0 aromatic heterocycles. The number of benzene rings is 2. The number of para-hydroxylation sites is 1. The topological polar surface area (TPSA) is 50.4 Å². The van der Waals surface area contributed by atoms with Crippen LogP contribution in [0.25, 0.3) is 0 Å². The van der Waals surface area contributed by atoms with Gasteiger partial charge in [0.1, 0.15) is 0 Å². The number of rotatable bonds is 6. The number of carbonyl (C=O) groups excluding carboxylic acids is 1. The van der Waals surface area contributed by atoms with Crippen molar-refractivity contribution >= 4 is 34.7 Å². The van der Waals surface area contributed by atoms with Crippen molar-refractivity contribution in [3.8, 4) is 0 Å². The number of hydrogen-bond donors (Lipinski definition) is 2. The lowest BCUT2D eigenvalue weighted by molar-refractivity contribution is 0.0602. The highest BCUT2D eigenvalue weighted by atomic mass is 32.1. The maximum absolute atomic E-state index is 11.8. The Labute approximate surface area is 148 Å². The van der Waals surface area contributed by atoms with E-state index in [1.54, 1.807) is 18.2 Å². The van der Waals surface area contributed by atoms with Crippen molar-refractivity contribution in [3.05, 3.63) is 59.7 Å². The summed E-state index contributed by atoms with van der Waals surface area (Å²) >= 11 is 5.33. The molecule has 0 fully saturated rings. The Bertz CT molecular complexity index is 699. The molecule has 0 heterocycles. The number of unbranched alkanes of at least 4 members (excludes halogenated alkanes) is 1. The molecule has 0 radical (unpaired) electrons. The molecule has 0 saturated heterocycles. The summed E-state index contributed by atoms with van der Waals surface area (Å²) < 4.78 is 4.78. The van der Waals surface area contributed by atoms with E-state index in [9.17, 15) is 4.79 Å². The molecular weight excluding hydrogens is 320 g/mol. The molecule has 0 aliphatic rings. The lowest BCUT2D eigenvalue weighted by atomic mass is 10.1. The van der Waals surface area contributed by atoms with E-state index in [0.29, 0.717) is 16.4 Å². The molecule has 2 aromatic carbocycles. The third kappa shape index (κ3) is 5.06. The van der Waals surface area contributed by atoms with E-state index in [1.165, 1.54) is 25.5 Å². The number of thiocarbonyl (C=S) groups is 1. The van der Waals surface area contributed by atoms with Crippen molar-refractivity contribution in [2.75, 3.05) is 17.7 Å². The summed E-state index contributed by atoms with van der Waals surface area (Å²) in [5.41, 5.74) is 3.28. The summed E-state index contributed by atoms with van der Waals surface area (Å²) in [6.07, 6.45) is 3.47. The highest BCUT2D eigenvalue weighted by molar-refractivity contribution is 7.80. The van der Waals surface area contributed by atoms with Crippen molar-refractivity contribution in [1.29, 1.82) is 0 Å². The summed E-state index contributed by atoms with van der Waals surface area (Å²) in [6.45, 7) is 2.19. The van der Waals surface area contributed by atoms with Crippen LogP contribution in [0.2, 0.25) is 0 Å². The first-order valence-corrected chi connectivity index (χ1v) is 8.39. The van der Waals surface area contributed by atoms with Crippen LogP contribution < -0.4 is 10.6 Å². The Morgan fingerprint density at radius 1 is 1.08 bits per heavy atom. The van der Waals surface area contributed by atoms with E-state index in [-0.39, 0.29) is 0 Å². The fourth-order valence-corrected chi connectivity index (χ4v) is 2.53. The van der Waals surface area contributed by atoms with Gasteiger partial charge in [-0.05, 0) is 54.9 Å². The van der Waals surface area contributed by atoms with Gasteiger partial charge in [-0.25, -0.2) is 4.79 Å². The van der Waals surface area contributed by atoms with Gasteiger partial charge >= 0.3 is 5.97 Å². The van der Waals surface area contributed by atoms with Crippen molar-refractivity contribution in [3.63, 3.8) is 0 Å². The highest BCUT2D eigenvalue weighted by Crippen LogP contribution is 2.17. The van der Waals surface area contributed by atoms with E-state index in [4.69, 9.17) is 17.0 Å². The third-order valence-electron chi connectivity index (χ3n) is 3.61. The van der Waals surface area contributed by atoms with Crippen molar-refractivity contribution < 1.29 is 9.53 Å². The van der Waals surface area contributed by atoms with E-state index in [0.717, 1.165) is 12.1 Å². The molecule has 0 aliphatic carbocycles. The number of anilines is 2. The molecule has 126 valence electrons. The Balaban J connectivity index is 2.00. The fourth-order valence-electron chi connectivity index (χ4n) is 2.30. The minimum atomic E-state index is -0.402. The van der Waals surface area contributed by atoms with Crippen LogP contribution in [0.15, 0.2) is 48.5 Å². The van der Waals surface area contributed by atoms with Gasteiger partial charge in [0.2, 0.25) is 0 Å². The fraction of sp³-hybridized carbons (Fsp3) is 0.263. The van der Waals surface area contributed by atoms with Gasteiger partial charge in [-0.15, -0.1) is 0 Å². The number of aryl methyl sites for hydroxylation is 1. The molecule has 0 saturated carbocycles. The number of ether oxygens (including phenoxy) is 1. The minimum absolute atomic E-state index is 0.402. The molecule has 2 N–H and O–H groups in total. The second-order valence-corrected chi connectivity index (χ2v) is 5.83. The van der Waals surface area contributed by atoms with Gasteiger partial charge in [-0.2, -0.15) is 0 Å². The first kappa shape index (κ1) is 17.9. The molecule has 2 aromatic rings. The molecule has 0 atom stereocenters. The monoisotopic (exact) mass is 342 g/mol. The Hall–Kier alpha value is -2.40. The summed E-state index contributed by atoms with van der Waals surface area (Å²) in [6, 6.07) is 15.3. The molecule has 0 spiro atoms. The second kappa shape index (κ2) is 9.03. The van der Waals surface area contributed by atoms with Gasteiger partial charge in [0.25, 0.3) is 0 Å². The van der Waals surface area contributed by atoms with Gasteiger partial charge in [-0.1, -0.05) is 37.6 Å². The van der Waals surface area contributed by atoms with Gasteiger partial charge in [0.05, 0.1) is 18.4 Å². The average Bonchev–Trinajstić information content (AvgIpc) is 2.61. The molecule has 0 amide bonds. The maximum Gasteiger partial charge on any atom is 0.339 e. The second-order valence-electron chi connectivity index (χ2n) is 5.42. The molecular formula is C19H22N2O2S. The van der Waals surface area contributed by atoms with Crippen molar-refractivity contribution in [1.82, 2.24) is 0 Å². The largest absolute Gasteiger partial charge is 0.465 e. The summed E-state index contributed by atoms with van der Waals surface area (Å²) in [4.78, 5) is 11.8. The summed E-state index contributed by atoms with van der Waals surface area (Å²) in [5, 5.41) is 6.59. The first-order valence-electron chi connectivity index (χ1n) is 7.98. The summed E-state index contributed by atoms with van der Waals surface area (Å²) in [7, 11) is 1.36. The maximum atomic E-state index is 11.8. The van der Waals surface area contributed by atoms with E-state index in [2.05, 4.69) is 29.7 Å². The zero-order valence-electron chi connectivity index (χ0n) is 14.0.